The zero-order valence-corrected chi connectivity index (χ0v) is 11.7. The molecule has 1 N–H and O–H groups in total. The maximum absolute atomic E-state index is 12.3. The number of likely N-dealkylation sites (tertiary alicyclic amines) is 1. The molecule has 1 heterocycles. The zero-order valence-electron chi connectivity index (χ0n) is 11.7. The standard InChI is InChI=1S/C14H24N2O3/c1-19-9-5-8-15-12-10-13(17)16(14(12)18)11-6-3-2-4-7-11/h11-12,15H,2-10H2,1H3. The predicted octanol–water partition coefficient (Wildman–Crippen LogP) is 1.07. The maximum Gasteiger partial charge on any atom is 0.247 e. The molecule has 5 nitrogen and oxygen atoms in total. The fraction of sp³-hybridized carbons (Fsp3) is 0.857. The summed E-state index contributed by atoms with van der Waals surface area (Å²) in [6.07, 6.45) is 6.63. The Hall–Kier alpha value is -0.940. The minimum Gasteiger partial charge on any atom is -0.385 e. The van der Waals surface area contributed by atoms with Gasteiger partial charge in [0, 0.05) is 19.8 Å². The van der Waals surface area contributed by atoms with Gasteiger partial charge in [0.25, 0.3) is 0 Å². The van der Waals surface area contributed by atoms with Crippen molar-refractivity contribution in [3.8, 4) is 0 Å². The number of ether oxygens (including phenoxy) is 1. The van der Waals surface area contributed by atoms with Gasteiger partial charge in [0.05, 0.1) is 12.5 Å². The Morgan fingerprint density at radius 3 is 2.68 bits per heavy atom. The Balaban J connectivity index is 1.85. The summed E-state index contributed by atoms with van der Waals surface area (Å²) < 4.78 is 4.97. The molecule has 0 radical (unpaired) electrons. The molecular weight excluding hydrogens is 244 g/mol. The van der Waals surface area contributed by atoms with Gasteiger partial charge in [-0.3, -0.25) is 14.5 Å². The number of imide groups is 1. The van der Waals surface area contributed by atoms with Crippen LogP contribution < -0.4 is 5.32 Å². The molecule has 19 heavy (non-hydrogen) atoms. The highest BCUT2D eigenvalue weighted by atomic mass is 16.5. The summed E-state index contributed by atoms with van der Waals surface area (Å²) in [6.45, 7) is 1.39. The van der Waals surface area contributed by atoms with E-state index in [9.17, 15) is 9.59 Å². The number of rotatable bonds is 6. The third-order valence-corrected chi connectivity index (χ3v) is 4.04. The van der Waals surface area contributed by atoms with Crippen molar-refractivity contribution >= 4 is 11.8 Å². The van der Waals surface area contributed by atoms with Crippen LogP contribution in [0.3, 0.4) is 0 Å². The van der Waals surface area contributed by atoms with E-state index in [0.717, 1.165) is 38.6 Å². The van der Waals surface area contributed by atoms with E-state index in [2.05, 4.69) is 5.32 Å². The van der Waals surface area contributed by atoms with E-state index in [0.29, 0.717) is 13.0 Å². The number of hydrogen-bond donors (Lipinski definition) is 1. The highest BCUT2D eigenvalue weighted by Gasteiger charge is 2.41. The van der Waals surface area contributed by atoms with Gasteiger partial charge in [0.15, 0.2) is 0 Å². The summed E-state index contributed by atoms with van der Waals surface area (Å²) in [7, 11) is 1.66. The van der Waals surface area contributed by atoms with Crippen LogP contribution in [0, 0.1) is 0 Å². The molecular formula is C14H24N2O3. The first-order valence-corrected chi connectivity index (χ1v) is 7.32. The van der Waals surface area contributed by atoms with E-state index in [1.807, 2.05) is 0 Å². The van der Waals surface area contributed by atoms with Crippen LogP contribution in [0.25, 0.3) is 0 Å². The topological polar surface area (TPSA) is 58.6 Å². The zero-order chi connectivity index (χ0) is 13.7. The van der Waals surface area contributed by atoms with Gasteiger partial charge in [0.2, 0.25) is 11.8 Å². The molecule has 1 saturated carbocycles. The fourth-order valence-electron chi connectivity index (χ4n) is 3.03. The van der Waals surface area contributed by atoms with Gasteiger partial charge < -0.3 is 10.1 Å². The van der Waals surface area contributed by atoms with Crippen LogP contribution in [0.1, 0.15) is 44.9 Å². The van der Waals surface area contributed by atoms with Crippen molar-refractivity contribution in [1.29, 1.82) is 0 Å². The number of amides is 2. The van der Waals surface area contributed by atoms with Gasteiger partial charge in [-0.1, -0.05) is 19.3 Å². The first kappa shape index (κ1) is 14.5. The molecule has 0 aromatic heterocycles. The van der Waals surface area contributed by atoms with Crippen LogP contribution in [0.15, 0.2) is 0 Å². The van der Waals surface area contributed by atoms with Crippen molar-refractivity contribution in [2.75, 3.05) is 20.3 Å². The summed E-state index contributed by atoms with van der Waals surface area (Å²) in [5, 5.41) is 3.17. The van der Waals surface area contributed by atoms with Crippen molar-refractivity contribution in [3.05, 3.63) is 0 Å². The monoisotopic (exact) mass is 268 g/mol. The minimum absolute atomic E-state index is 0.00106. The van der Waals surface area contributed by atoms with Crippen LogP contribution >= 0.6 is 0 Å². The van der Waals surface area contributed by atoms with Gasteiger partial charge >= 0.3 is 0 Å². The van der Waals surface area contributed by atoms with Crippen molar-refractivity contribution in [3.63, 3.8) is 0 Å². The van der Waals surface area contributed by atoms with E-state index in [4.69, 9.17) is 4.74 Å². The Kier molecular flexibility index (Phi) is 5.34. The average Bonchev–Trinajstić information content (AvgIpc) is 2.71. The summed E-state index contributed by atoms with van der Waals surface area (Å²) in [6, 6.07) is -0.161. The molecule has 2 rings (SSSR count). The molecule has 0 spiro atoms. The number of carbonyl (C=O) groups is 2. The van der Waals surface area contributed by atoms with Crippen molar-refractivity contribution in [2.24, 2.45) is 0 Å². The Morgan fingerprint density at radius 1 is 1.26 bits per heavy atom. The number of nitrogens with one attached hydrogen (secondary N) is 1. The number of methoxy groups -OCH3 is 1. The normalized spacial score (nSPS) is 25.3. The van der Waals surface area contributed by atoms with Gasteiger partial charge in [-0.25, -0.2) is 0 Å². The van der Waals surface area contributed by atoms with Crippen molar-refractivity contribution < 1.29 is 14.3 Å². The van der Waals surface area contributed by atoms with Crippen molar-refractivity contribution in [1.82, 2.24) is 10.2 Å². The molecule has 0 aromatic rings. The molecule has 0 aromatic carbocycles. The summed E-state index contributed by atoms with van der Waals surface area (Å²) in [5.74, 6) is -0.0181. The number of nitrogens with zero attached hydrogens (tertiary/aromatic N) is 1. The maximum atomic E-state index is 12.3. The Morgan fingerprint density at radius 2 is 2.00 bits per heavy atom. The van der Waals surface area contributed by atoms with Crippen LogP contribution in [-0.4, -0.2) is 49.1 Å². The Bertz CT molecular complexity index is 327. The lowest BCUT2D eigenvalue weighted by atomic mass is 9.94. The lowest BCUT2D eigenvalue weighted by Crippen LogP contribution is -2.45. The SMILES string of the molecule is COCCCNC1CC(=O)N(C2CCCCC2)C1=O. The molecule has 1 aliphatic heterocycles. The Labute approximate surface area is 114 Å². The van der Waals surface area contributed by atoms with E-state index >= 15 is 0 Å². The van der Waals surface area contributed by atoms with Gasteiger partial charge in [-0.15, -0.1) is 0 Å². The van der Waals surface area contributed by atoms with E-state index in [1.165, 1.54) is 11.3 Å². The van der Waals surface area contributed by atoms with Crippen LogP contribution in [0.2, 0.25) is 0 Å². The largest absolute Gasteiger partial charge is 0.385 e. The number of carbonyl (C=O) groups excluding carboxylic acids is 2. The fourth-order valence-corrected chi connectivity index (χ4v) is 3.03. The molecule has 2 fully saturated rings. The van der Waals surface area contributed by atoms with Gasteiger partial charge in [-0.2, -0.15) is 0 Å². The molecule has 1 aliphatic carbocycles. The third kappa shape index (κ3) is 3.54. The molecule has 5 heteroatoms. The molecule has 108 valence electrons. The van der Waals surface area contributed by atoms with Crippen molar-refractivity contribution in [2.45, 2.75) is 57.0 Å². The third-order valence-electron chi connectivity index (χ3n) is 4.04. The highest BCUT2D eigenvalue weighted by Crippen LogP contribution is 2.27. The second-order valence-electron chi connectivity index (χ2n) is 5.45. The molecule has 1 atom stereocenters. The lowest BCUT2D eigenvalue weighted by molar-refractivity contribution is -0.142. The second kappa shape index (κ2) is 7.01. The van der Waals surface area contributed by atoms with Gasteiger partial charge in [-0.05, 0) is 25.8 Å². The summed E-state index contributed by atoms with van der Waals surface area (Å²) >= 11 is 0. The van der Waals surface area contributed by atoms with E-state index < -0.39 is 0 Å². The summed E-state index contributed by atoms with van der Waals surface area (Å²) in [5.41, 5.74) is 0. The second-order valence-corrected chi connectivity index (χ2v) is 5.45. The minimum atomic E-state index is -0.314. The predicted molar refractivity (Wildman–Crippen MR) is 71.6 cm³/mol. The highest BCUT2D eigenvalue weighted by molar-refractivity contribution is 6.05. The lowest BCUT2D eigenvalue weighted by Gasteiger charge is -2.29. The average molecular weight is 268 g/mol. The first-order chi connectivity index (χ1) is 9.24. The van der Waals surface area contributed by atoms with E-state index in [1.54, 1.807) is 7.11 Å². The molecule has 2 amide bonds. The molecule has 1 unspecified atom stereocenters. The van der Waals surface area contributed by atoms with Crippen LogP contribution in [-0.2, 0) is 14.3 Å². The molecule has 1 saturated heterocycles. The number of hydrogen-bond acceptors (Lipinski definition) is 4. The van der Waals surface area contributed by atoms with Crippen LogP contribution in [0.5, 0.6) is 0 Å². The molecule has 0 bridgehead atoms. The van der Waals surface area contributed by atoms with Gasteiger partial charge in [0.1, 0.15) is 0 Å². The smallest absolute Gasteiger partial charge is 0.247 e. The molecule has 2 aliphatic rings. The summed E-state index contributed by atoms with van der Waals surface area (Å²) in [4.78, 5) is 25.8. The first-order valence-electron chi connectivity index (χ1n) is 7.32. The van der Waals surface area contributed by atoms with E-state index in [-0.39, 0.29) is 23.9 Å². The quantitative estimate of drug-likeness (QED) is 0.578. The van der Waals surface area contributed by atoms with Crippen LogP contribution in [0.4, 0.5) is 0 Å².